The fourth-order valence-corrected chi connectivity index (χ4v) is 3.74. The molecule has 0 radical (unpaired) electrons. The van der Waals surface area contributed by atoms with Crippen LogP contribution < -0.4 is 5.32 Å². The van der Waals surface area contributed by atoms with Crippen LogP contribution in [0.4, 0.5) is 0 Å². The first kappa shape index (κ1) is 23.6. The summed E-state index contributed by atoms with van der Waals surface area (Å²) in [7, 11) is 0. The van der Waals surface area contributed by atoms with Crippen molar-refractivity contribution in [3.63, 3.8) is 0 Å². The zero-order valence-corrected chi connectivity index (χ0v) is 16.6. The molecule has 3 aromatic heterocycles. The molecule has 0 spiro atoms. The third kappa shape index (κ3) is 4.89. The van der Waals surface area contributed by atoms with Gasteiger partial charge in [0, 0.05) is 40.9 Å². The molecule has 1 aromatic carbocycles. The average Bonchev–Trinajstić information content (AvgIpc) is 3.26. The molecule has 30 heavy (non-hydrogen) atoms. The number of nitrogens with zero attached hydrogens (tertiary/aromatic N) is 2. The Balaban J connectivity index is 0.00000160. The third-order valence-corrected chi connectivity index (χ3v) is 5.06. The molecular weight excluding hydrogens is 374 g/mol. The predicted molar refractivity (Wildman–Crippen MR) is 127 cm³/mol. The van der Waals surface area contributed by atoms with Crippen LogP contribution in [0.15, 0.2) is 36.5 Å². The van der Waals surface area contributed by atoms with Crippen molar-refractivity contribution in [1.82, 2.24) is 25.3 Å². The molecule has 4 N–H and O–H groups in total. The Kier molecular flexibility index (Phi) is 7.76. The standard InChI is InChI=1S/C22H27N5O.2CH4/c1-13(2)8-17(12-28)24-11-15-4-5-19-16(9-15)10-20(27-19)18-6-7-23-22-21(18)25-14(3)26-22;;/h4-7,9-10,13,17,24,27-28H,8,11-12H2,1-3H3,(H,23,25,26);2*1H4/t17-;;/m0../s1. The van der Waals surface area contributed by atoms with Gasteiger partial charge >= 0.3 is 0 Å². The highest BCUT2D eigenvalue weighted by Gasteiger charge is 2.12. The number of nitrogens with one attached hydrogen (secondary N) is 3. The van der Waals surface area contributed by atoms with Crippen molar-refractivity contribution in [2.45, 2.75) is 54.6 Å². The van der Waals surface area contributed by atoms with Crippen molar-refractivity contribution in [2.24, 2.45) is 5.92 Å². The second-order valence-electron chi connectivity index (χ2n) is 7.87. The maximum absolute atomic E-state index is 9.56. The van der Waals surface area contributed by atoms with Crippen LogP contribution in [0.5, 0.6) is 0 Å². The zero-order valence-electron chi connectivity index (χ0n) is 16.6. The highest BCUT2D eigenvalue weighted by Crippen LogP contribution is 2.29. The lowest BCUT2D eigenvalue weighted by molar-refractivity contribution is 0.223. The Morgan fingerprint density at radius 3 is 2.63 bits per heavy atom. The number of fused-ring (bicyclic) bond motifs is 2. The second-order valence-corrected chi connectivity index (χ2v) is 7.87. The van der Waals surface area contributed by atoms with Gasteiger partial charge in [0.25, 0.3) is 0 Å². The van der Waals surface area contributed by atoms with Crippen LogP contribution in [-0.2, 0) is 6.54 Å². The van der Waals surface area contributed by atoms with Crippen molar-refractivity contribution < 1.29 is 5.11 Å². The van der Waals surface area contributed by atoms with Crippen molar-refractivity contribution in [1.29, 1.82) is 0 Å². The minimum Gasteiger partial charge on any atom is -0.395 e. The summed E-state index contributed by atoms with van der Waals surface area (Å²) in [6.45, 7) is 7.20. The summed E-state index contributed by atoms with van der Waals surface area (Å²) in [4.78, 5) is 15.6. The van der Waals surface area contributed by atoms with E-state index in [0.717, 1.165) is 46.7 Å². The number of imidazole rings is 1. The second kappa shape index (κ2) is 9.87. The van der Waals surface area contributed by atoms with E-state index in [4.69, 9.17) is 0 Å². The van der Waals surface area contributed by atoms with Gasteiger partial charge in [-0.05, 0) is 49.1 Å². The molecule has 0 bridgehead atoms. The first-order valence-electron chi connectivity index (χ1n) is 9.81. The van der Waals surface area contributed by atoms with Crippen LogP contribution in [0.25, 0.3) is 33.3 Å². The van der Waals surface area contributed by atoms with E-state index in [-0.39, 0.29) is 27.5 Å². The molecule has 4 rings (SSSR count). The molecule has 3 heterocycles. The normalized spacial score (nSPS) is 12.2. The summed E-state index contributed by atoms with van der Waals surface area (Å²) in [6.07, 6.45) is 2.76. The summed E-state index contributed by atoms with van der Waals surface area (Å²) < 4.78 is 0. The number of hydrogen-bond donors (Lipinski definition) is 4. The van der Waals surface area contributed by atoms with E-state index in [1.165, 1.54) is 10.9 Å². The van der Waals surface area contributed by atoms with Gasteiger partial charge in [-0.2, -0.15) is 0 Å². The van der Waals surface area contributed by atoms with Gasteiger partial charge in [0.1, 0.15) is 5.82 Å². The lowest BCUT2D eigenvalue weighted by Crippen LogP contribution is -2.33. The van der Waals surface area contributed by atoms with Crippen LogP contribution in [0.3, 0.4) is 0 Å². The molecule has 0 saturated carbocycles. The molecule has 1 atom stereocenters. The van der Waals surface area contributed by atoms with Gasteiger partial charge in [0.15, 0.2) is 5.65 Å². The number of pyridine rings is 1. The van der Waals surface area contributed by atoms with Crippen molar-refractivity contribution in [3.8, 4) is 11.3 Å². The number of benzene rings is 1. The number of aryl methyl sites for hydroxylation is 1. The van der Waals surface area contributed by atoms with E-state index in [1.54, 1.807) is 6.20 Å². The monoisotopic (exact) mass is 409 g/mol. The molecule has 0 aliphatic rings. The van der Waals surface area contributed by atoms with Crippen molar-refractivity contribution in [2.75, 3.05) is 6.61 Å². The SMILES string of the molecule is C.C.Cc1nc2nccc(-c3cc4cc(CN[C@H](CO)CC(C)C)ccc4[nH]3)c2[nH]1. The number of H-pyrrole nitrogens is 2. The molecule has 0 aliphatic carbocycles. The van der Waals surface area contributed by atoms with Crippen LogP contribution >= 0.6 is 0 Å². The number of hydrogen-bond acceptors (Lipinski definition) is 4. The zero-order chi connectivity index (χ0) is 19.7. The van der Waals surface area contributed by atoms with Crippen LogP contribution in [0, 0.1) is 12.8 Å². The number of aliphatic hydroxyl groups is 1. The van der Waals surface area contributed by atoms with Gasteiger partial charge in [-0.1, -0.05) is 34.8 Å². The Morgan fingerprint density at radius 2 is 1.90 bits per heavy atom. The van der Waals surface area contributed by atoms with E-state index >= 15 is 0 Å². The lowest BCUT2D eigenvalue weighted by atomic mass is 10.0. The first-order chi connectivity index (χ1) is 13.5. The number of aromatic nitrogens is 4. The average molecular weight is 410 g/mol. The maximum atomic E-state index is 9.56. The summed E-state index contributed by atoms with van der Waals surface area (Å²) in [5.41, 5.74) is 6.10. The van der Waals surface area contributed by atoms with Gasteiger partial charge in [-0.15, -0.1) is 0 Å². The quantitative estimate of drug-likeness (QED) is 0.338. The molecule has 4 aromatic rings. The fraction of sp³-hybridized carbons (Fsp3) is 0.417. The minimum absolute atomic E-state index is 0. The van der Waals surface area contributed by atoms with Crippen LogP contribution in [0.2, 0.25) is 0 Å². The van der Waals surface area contributed by atoms with Crippen molar-refractivity contribution >= 4 is 22.1 Å². The van der Waals surface area contributed by atoms with E-state index in [0.29, 0.717) is 5.92 Å². The smallest absolute Gasteiger partial charge is 0.178 e. The Bertz CT molecular complexity index is 1100. The van der Waals surface area contributed by atoms with E-state index < -0.39 is 0 Å². The Labute approximate surface area is 179 Å². The maximum Gasteiger partial charge on any atom is 0.178 e. The number of rotatable bonds is 7. The highest BCUT2D eigenvalue weighted by atomic mass is 16.3. The van der Waals surface area contributed by atoms with Gasteiger partial charge in [0.05, 0.1) is 12.1 Å². The predicted octanol–water partition coefficient (Wildman–Crippen LogP) is 5.18. The molecule has 0 amide bonds. The number of aromatic amines is 2. The topological polar surface area (TPSA) is 89.6 Å². The van der Waals surface area contributed by atoms with Crippen LogP contribution in [0.1, 0.15) is 46.5 Å². The lowest BCUT2D eigenvalue weighted by Gasteiger charge is -2.18. The Hall–Kier alpha value is -2.70. The summed E-state index contributed by atoms with van der Waals surface area (Å²) in [6, 6.07) is 10.7. The van der Waals surface area contributed by atoms with Gasteiger partial charge in [-0.25, -0.2) is 9.97 Å². The van der Waals surface area contributed by atoms with E-state index in [1.807, 2.05) is 13.0 Å². The van der Waals surface area contributed by atoms with Gasteiger partial charge in [0.2, 0.25) is 0 Å². The van der Waals surface area contributed by atoms with E-state index in [9.17, 15) is 5.11 Å². The van der Waals surface area contributed by atoms with Gasteiger partial charge < -0.3 is 20.4 Å². The van der Waals surface area contributed by atoms with Crippen molar-refractivity contribution in [3.05, 3.63) is 47.9 Å². The first-order valence-corrected chi connectivity index (χ1v) is 9.81. The molecule has 6 nitrogen and oxygen atoms in total. The molecule has 6 heteroatoms. The molecular formula is C24H35N5O. The highest BCUT2D eigenvalue weighted by molar-refractivity contribution is 5.94. The largest absolute Gasteiger partial charge is 0.395 e. The number of aliphatic hydroxyl groups excluding tert-OH is 1. The molecule has 0 unspecified atom stereocenters. The molecule has 162 valence electrons. The molecule has 0 aliphatic heterocycles. The molecule has 0 fully saturated rings. The van der Waals surface area contributed by atoms with E-state index in [2.05, 4.69) is 63.4 Å². The minimum atomic E-state index is 0. The van der Waals surface area contributed by atoms with Gasteiger partial charge in [-0.3, -0.25) is 0 Å². The summed E-state index contributed by atoms with van der Waals surface area (Å²) in [5, 5.41) is 14.2. The Morgan fingerprint density at radius 1 is 1.10 bits per heavy atom. The summed E-state index contributed by atoms with van der Waals surface area (Å²) in [5.74, 6) is 1.42. The van der Waals surface area contributed by atoms with Crippen LogP contribution in [-0.4, -0.2) is 37.7 Å². The fourth-order valence-electron chi connectivity index (χ4n) is 3.74. The summed E-state index contributed by atoms with van der Waals surface area (Å²) >= 11 is 0. The molecule has 0 saturated heterocycles. The third-order valence-electron chi connectivity index (χ3n) is 5.06.